The second-order valence-electron chi connectivity index (χ2n) is 3.56. The van der Waals surface area contributed by atoms with Crippen LogP contribution in [0.15, 0.2) is 0 Å². The molecule has 0 nitrogen and oxygen atoms in total. The molecule has 3 atom stereocenters. The molecule has 0 saturated heterocycles. The third-order valence-corrected chi connectivity index (χ3v) is 2.93. The lowest BCUT2D eigenvalue weighted by Gasteiger charge is -1.98. The molecule has 2 fully saturated rings. The van der Waals surface area contributed by atoms with Crippen molar-refractivity contribution < 1.29 is 0 Å². The Kier molecular flexibility index (Phi) is 0.701. The highest BCUT2D eigenvalue weighted by atomic mass is 14.6. The van der Waals surface area contributed by atoms with Crippen LogP contribution in [0.3, 0.4) is 0 Å². The molecule has 1 heteroatoms. The third kappa shape index (κ3) is 0.428. The molecule has 0 N–H and O–H groups in total. The monoisotopic (exact) mass is 106 g/mol. The SMILES string of the molecule is [B]C12CCC(C)C1C2. The number of hydrogen-bond donors (Lipinski definition) is 0. The van der Waals surface area contributed by atoms with Crippen LogP contribution in [0.2, 0.25) is 5.31 Å². The molecule has 2 radical (unpaired) electrons. The average Bonchev–Trinajstić information content (AvgIpc) is 2.32. The molecule has 2 aliphatic rings. The van der Waals surface area contributed by atoms with Crippen molar-refractivity contribution in [2.75, 3.05) is 0 Å². The van der Waals surface area contributed by atoms with Gasteiger partial charge in [0.2, 0.25) is 0 Å². The first-order valence-corrected chi connectivity index (χ1v) is 3.51. The van der Waals surface area contributed by atoms with Gasteiger partial charge in [-0.3, -0.25) is 0 Å². The molecule has 2 rings (SSSR count). The highest BCUT2D eigenvalue weighted by molar-refractivity contribution is 6.18. The van der Waals surface area contributed by atoms with Crippen molar-refractivity contribution in [2.24, 2.45) is 11.8 Å². The van der Waals surface area contributed by atoms with Crippen molar-refractivity contribution in [3.63, 3.8) is 0 Å². The van der Waals surface area contributed by atoms with Crippen LogP contribution in [0.4, 0.5) is 0 Å². The summed E-state index contributed by atoms with van der Waals surface area (Å²) in [4.78, 5) is 0. The van der Waals surface area contributed by atoms with Crippen molar-refractivity contribution in [1.82, 2.24) is 0 Å². The summed E-state index contributed by atoms with van der Waals surface area (Å²) in [5, 5.41) is 0.333. The Labute approximate surface area is 52.1 Å². The largest absolute Gasteiger partial charge is 0.0750 e. The minimum absolute atomic E-state index is 0.333. The Morgan fingerprint density at radius 3 is 2.50 bits per heavy atom. The average molecular weight is 106 g/mol. The van der Waals surface area contributed by atoms with Gasteiger partial charge in [0.1, 0.15) is 0 Å². The maximum atomic E-state index is 5.94. The van der Waals surface area contributed by atoms with Crippen molar-refractivity contribution in [3.05, 3.63) is 0 Å². The molecule has 0 spiro atoms. The second kappa shape index (κ2) is 1.15. The zero-order valence-electron chi connectivity index (χ0n) is 5.35. The summed E-state index contributed by atoms with van der Waals surface area (Å²) in [5.74, 6) is 1.84. The molecule has 2 saturated carbocycles. The number of hydrogen-bond acceptors (Lipinski definition) is 0. The molecule has 2 aliphatic carbocycles. The second-order valence-corrected chi connectivity index (χ2v) is 3.56. The zero-order valence-corrected chi connectivity index (χ0v) is 5.35. The summed E-state index contributed by atoms with van der Waals surface area (Å²) < 4.78 is 0. The standard InChI is InChI=1S/C7H11B/c1-5-2-3-7(8)4-6(5)7/h5-6H,2-4H2,1H3. The van der Waals surface area contributed by atoms with Gasteiger partial charge >= 0.3 is 0 Å². The number of fused-ring (bicyclic) bond motifs is 1. The molecule has 0 aromatic rings. The van der Waals surface area contributed by atoms with E-state index in [1.165, 1.54) is 19.3 Å². The van der Waals surface area contributed by atoms with Gasteiger partial charge in [-0.05, 0) is 11.8 Å². The molecule has 3 unspecified atom stereocenters. The fourth-order valence-corrected chi connectivity index (χ4v) is 2.10. The summed E-state index contributed by atoms with van der Waals surface area (Å²) in [7, 11) is 5.94. The first-order valence-electron chi connectivity index (χ1n) is 3.51. The van der Waals surface area contributed by atoms with Crippen molar-refractivity contribution in [3.8, 4) is 0 Å². The van der Waals surface area contributed by atoms with Gasteiger partial charge in [0.05, 0.1) is 7.85 Å². The Morgan fingerprint density at radius 1 is 1.62 bits per heavy atom. The summed E-state index contributed by atoms with van der Waals surface area (Å²) in [6, 6.07) is 0. The smallest absolute Gasteiger partial charge is 0.0628 e. The molecule has 42 valence electrons. The van der Waals surface area contributed by atoms with E-state index in [2.05, 4.69) is 6.92 Å². The lowest BCUT2D eigenvalue weighted by molar-refractivity contribution is 0.530. The molecule has 0 bridgehead atoms. The Morgan fingerprint density at radius 2 is 2.38 bits per heavy atom. The topological polar surface area (TPSA) is 0 Å². The quantitative estimate of drug-likeness (QED) is 0.412. The molecule has 0 heterocycles. The van der Waals surface area contributed by atoms with Gasteiger partial charge in [0, 0.05) is 0 Å². The molecule has 0 aromatic carbocycles. The van der Waals surface area contributed by atoms with Gasteiger partial charge < -0.3 is 0 Å². The van der Waals surface area contributed by atoms with E-state index >= 15 is 0 Å². The lowest BCUT2D eigenvalue weighted by atomic mass is 9.81. The van der Waals surface area contributed by atoms with Crippen LogP contribution in [0.1, 0.15) is 26.2 Å². The Bertz CT molecular complexity index is 122. The maximum absolute atomic E-state index is 5.94. The van der Waals surface area contributed by atoms with Crippen LogP contribution >= 0.6 is 0 Å². The van der Waals surface area contributed by atoms with Crippen LogP contribution in [-0.4, -0.2) is 7.85 Å². The van der Waals surface area contributed by atoms with Gasteiger partial charge in [-0.1, -0.05) is 31.5 Å². The minimum Gasteiger partial charge on any atom is -0.0628 e. The minimum atomic E-state index is 0.333. The lowest BCUT2D eigenvalue weighted by Crippen LogP contribution is -1.88. The first kappa shape index (κ1) is 4.90. The van der Waals surface area contributed by atoms with E-state index in [0.29, 0.717) is 5.31 Å². The zero-order chi connectivity index (χ0) is 5.78. The molecule has 8 heavy (non-hydrogen) atoms. The molecule has 0 aliphatic heterocycles. The molecule has 0 aromatic heterocycles. The van der Waals surface area contributed by atoms with Gasteiger partial charge in [-0.15, -0.1) is 0 Å². The Balaban J connectivity index is 2.15. The fraction of sp³-hybridized carbons (Fsp3) is 1.00. The normalized spacial score (nSPS) is 60.6. The summed E-state index contributed by atoms with van der Waals surface area (Å²) in [6.07, 6.45) is 3.98. The van der Waals surface area contributed by atoms with E-state index in [1.54, 1.807) is 0 Å². The Hall–Kier alpha value is 0.0649. The third-order valence-electron chi connectivity index (χ3n) is 2.93. The maximum Gasteiger partial charge on any atom is 0.0750 e. The van der Waals surface area contributed by atoms with E-state index in [-0.39, 0.29) is 0 Å². The van der Waals surface area contributed by atoms with E-state index in [0.717, 1.165) is 11.8 Å². The summed E-state index contributed by atoms with van der Waals surface area (Å²) in [6.45, 7) is 2.33. The van der Waals surface area contributed by atoms with Gasteiger partial charge in [-0.2, -0.15) is 0 Å². The van der Waals surface area contributed by atoms with E-state index in [4.69, 9.17) is 7.85 Å². The van der Waals surface area contributed by atoms with Crippen LogP contribution in [0.5, 0.6) is 0 Å². The summed E-state index contributed by atoms with van der Waals surface area (Å²) >= 11 is 0. The molecule has 0 amide bonds. The van der Waals surface area contributed by atoms with Crippen LogP contribution in [-0.2, 0) is 0 Å². The first-order chi connectivity index (χ1) is 3.72. The van der Waals surface area contributed by atoms with Crippen molar-refractivity contribution in [2.45, 2.75) is 31.5 Å². The highest BCUT2D eigenvalue weighted by Crippen LogP contribution is 2.69. The van der Waals surface area contributed by atoms with Crippen LogP contribution in [0.25, 0.3) is 0 Å². The van der Waals surface area contributed by atoms with Crippen LogP contribution in [0, 0.1) is 11.8 Å². The van der Waals surface area contributed by atoms with E-state index < -0.39 is 0 Å². The van der Waals surface area contributed by atoms with Gasteiger partial charge in [0.25, 0.3) is 0 Å². The predicted molar refractivity (Wildman–Crippen MR) is 35.0 cm³/mol. The highest BCUT2D eigenvalue weighted by Gasteiger charge is 2.55. The van der Waals surface area contributed by atoms with Crippen LogP contribution < -0.4 is 0 Å². The van der Waals surface area contributed by atoms with Crippen molar-refractivity contribution >= 4 is 7.85 Å². The fourth-order valence-electron chi connectivity index (χ4n) is 2.10. The predicted octanol–water partition coefficient (Wildman–Crippen LogP) is 1.76. The van der Waals surface area contributed by atoms with Gasteiger partial charge in [0.15, 0.2) is 0 Å². The summed E-state index contributed by atoms with van der Waals surface area (Å²) in [5.41, 5.74) is 0. The molecular weight excluding hydrogens is 94.9 g/mol. The van der Waals surface area contributed by atoms with E-state index in [9.17, 15) is 0 Å². The number of rotatable bonds is 0. The van der Waals surface area contributed by atoms with Crippen molar-refractivity contribution in [1.29, 1.82) is 0 Å². The van der Waals surface area contributed by atoms with Gasteiger partial charge in [-0.25, -0.2) is 0 Å². The molecular formula is C7H11B. The van der Waals surface area contributed by atoms with E-state index in [1.807, 2.05) is 0 Å².